The third-order valence-electron chi connectivity index (χ3n) is 5.78. The maximum Gasteiger partial charge on any atom is 0.261 e. The van der Waals surface area contributed by atoms with Crippen LogP contribution in [0.25, 0.3) is 0 Å². The summed E-state index contributed by atoms with van der Waals surface area (Å²) in [5, 5.41) is 3.02. The number of pyridine rings is 1. The maximum atomic E-state index is 13.3. The summed E-state index contributed by atoms with van der Waals surface area (Å²) in [4.78, 5) is 26.5. The summed E-state index contributed by atoms with van der Waals surface area (Å²) in [6, 6.07) is 16.2. The first-order valence-corrected chi connectivity index (χ1v) is 11.5. The minimum absolute atomic E-state index is 0.197. The number of nitrogens with one attached hydrogen (secondary N) is 1. The average Bonchev–Trinajstić information content (AvgIpc) is 2.77. The Morgan fingerprint density at radius 3 is 2.35 bits per heavy atom. The molecule has 3 rings (SSSR count). The number of carbonyl (C=O) groups excluding carboxylic acids is 1. The fraction of sp³-hybridized carbons (Fsp3) is 0.308. The summed E-state index contributed by atoms with van der Waals surface area (Å²) >= 11 is 3.49. The van der Waals surface area contributed by atoms with E-state index < -0.39 is 0 Å². The largest absolute Gasteiger partial charge is 0.346 e. The number of benzene rings is 2. The molecule has 5 heteroatoms. The Hall–Kier alpha value is -2.66. The molecule has 1 amide bonds. The van der Waals surface area contributed by atoms with E-state index in [1.807, 2.05) is 57.2 Å². The number of para-hydroxylation sites is 1. The summed E-state index contributed by atoms with van der Waals surface area (Å²) in [5.41, 5.74) is 5.61. The van der Waals surface area contributed by atoms with Gasteiger partial charge in [-0.15, -0.1) is 0 Å². The van der Waals surface area contributed by atoms with Crippen LogP contribution >= 0.6 is 15.9 Å². The molecule has 3 aromatic rings. The van der Waals surface area contributed by atoms with Gasteiger partial charge in [0.1, 0.15) is 5.56 Å². The van der Waals surface area contributed by atoms with Crippen LogP contribution in [-0.4, -0.2) is 10.5 Å². The first kappa shape index (κ1) is 23.0. The van der Waals surface area contributed by atoms with E-state index in [1.54, 1.807) is 0 Å². The molecule has 0 aliphatic heterocycles. The van der Waals surface area contributed by atoms with Gasteiger partial charge in [0.05, 0.1) is 4.47 Å². The van der Waals surface area contributed by atoms with Crippen molar-refractivity contribution in [1.29, 1.82) is 0 Å². The highest BCUT2D eigenvalue weighted by molar-refractivity contribution is 9.10. The molecule has 31 heavy (non-hydrogen) atoms. The predicted octanol–water partition coefficient (Wildman–Crippen LogP) is 5.85. The number of amides is 1. The average molecular weight is 481 g/mol. The van der Waals surface area contributed by atoms with Crippen LogP contribution in [0.4, 0.5) is 5.69 Å². The van der Waals surface area contributed by atoms with E-state index in [0.717, 1.165) is 35.3 Å². The Bertz CT molecular complexity index is 1150. The zero-order valence-corrected chi connectivity index (χ0v) is 20.2. The molecule has 1 aromatic heterocycles. The molecule has 0 radical (unpaired) electrons. The molecule has 1 heterocycles. The maximum absolute atomic E-state index is 13.3. The van der Waals surface area contributed by atoms with E-state index in [4.69, 9.17) is 0 Å². The van der Waals surface area contributed by atoms with E-state index in [1.165, 1.54) is 5.56 Å². The van der Waals surface area contributed by atoms with Crippen LogP contribution in [0.1, 0.15) is 52.3 Å². The summed E-state index contributed by atoms with van der Waals surface area (Å²) in [5.74, 6) is -0.358. The van der Waals surface area contributed by atoms with E-state index in [9.17, 15) is 9.59 Å². The lowest BCUT2D eigenvalue weighted by Crippen LogP contribution is -2.29. The number of hydrogen-bond acceptors (Lipinski definition) is 2. The Morgan fingerprint density at radius 1 is 1.00 bits per heavy atom. The zero-order chi connectivity index (χ0) is 22.5. The van der Waals surface area contributed by atoms with Gasteiger partial charge in [0.2, 0.25) is 5.43 Å². The second kappa shape index (κ2) is 10.1. The van der Waals surface area contributed by atoms with Crippen molar-refractivity contribution in [2.75, 3.05) is 5.32 Å². The number of aryl methyl sites for hydroxylation is 3. The van der Waals surface area contributed by atoms with Crippen molar-refractivity contribution in [3.63, 3.8) is 0 Å². The lowest BCUT2D eigenvalue weighted by molar-refractivity contribution is 0.102. The van der Waals surface area contributed by atoms with E-state index >= 15 is 0 Å². The molecular formula is C26H29BrN2O2. The van der Waals surface area contributed by atoms with E-state index in [0.29, 0.717) is 23.1 Å². The first-order valence-electron chi connectivity index (χ1n) is 10.7. The second-order valence-corrected chi connectivity index (χ2v) is 8.50. The van der Waals surface area contributed by atoms with E-state index in [-0.39, 0.29) is 16.9 Å². The van der Waals surface area contributed by atoms with Crippen molar-refractivity contribution in [2.45, 2.75) is 53.5 Å². The number of nitrogens with zero attached hydrogens (tertiary/aromatic N) is 1. The molecule has 0 aliphatic rings. The standard InChI is InChI=1S/C26H29BrN2O2/c1-5-20-14-10-11-17(3)24(20)28-26(31)22-18(4)29(21(6-2)23(27)25(22)30)16-15-19-12-8-7-9-13-19/h7-14H,5-6,15-16H2,1-4H3,(H,28,31). The molecule has 0 saturated heterocycles. The van der Waals surface area contributed by atoms with Gasteiger partial charge >= 0.3 is 0 Å². The molecule has 0 fully saturated rings. The van der Waals surface area contributed by atoms with Gasteiger partial charge in [-0.1, -0.05) is 62.4 Å². The van der Waals surface area contributed by atoms with Gasteiger partial charge in [-0.3, -0.25) is 9.59 Å². The Morgan fingerprint density at radius 2 is 1.71 bits per heavy atom. The highest BCUT2D eigenvalue weighted by atomic mass is 79.9. The Kier molecular flexibility index (Phi) is 7.50. The van der Waals surface area contributed by atoms with Crippen LogP contribution in [0, 0.1) is 13.8 Å². The zero-order valence-electron chi connectivity index (χ0n) is 18.6. The monoisotopic (exact) mass is 480 g/mol. The number of aromatic nitrogens is 1. The van der Waals surface area contributed by atoms with Gasteiger partial charge in [-0.2, -0.15) is 0 Å². The third kappa shape index (κ3) is 4.82. The number of rotatable bonds is 7. The van der Waals surface area contributed by atoms with Crippen molar-refractivity contribution in [3.8, 4) is 0 Å². The second-order valence-electron chi connectivity index (χ2n) is 7.71. The lowest BCUT2D eigenvalue weighted by atomic mass is 10.0. The van der Waals surface area contributed by atoms with Crippen molar-refractivity contribution in [3.05, 3.63) is 96.9 Å². The van der Waals surface area contributed by atoms with Crippen LogP contribution in [0.15, 0.2) is 57.8 Å². The molecule has 1 N–H and O–H groups in total. The Labute approximate surface area is 192 Å². The molecule has 0 unspecified atom stereocenters. The molecular weight excluding hydrogens is 452 g/mol. The molecule has 0 aliphatic carbocycles. The molecule has 2 aromatic carbocycles. The number of hydrogen-bond donors (Lipinski definition) is 1. The minimum Gasteiger partial charge on any atom is -0.346 e. The molecule has 0 saturated carbocycles. The van der Waals surface area contributed by atoms with Crippen LogP contribution < -0.4 is 10.7 Å². The van der Waals surface area contributed by atoms with Gasteiger partial charge in [0.25, 0.3) is 5.91 Å². The number of carbonyl (C=O) groups is 1. The molecule has 4 nitrogen and oxygen atoms in total. The number of halogens is 1. The van der Waals surface area contributed by atoms with Crippen LogP contribution in [0.2, 0.25) is 0 Å². The van der Waals surface area contributed by atoms with Gasteiger partial charge in [-0.25, -0.2) is 0 Å². The van der Waals surface area contributed by atoms with Gasteiger partial charge in [-0.05, 0) is 65.7 Å². The van der Waals surface area contributed by atoms with Crippen molar-refractivity contribution < 1.29 is 4.79 Å². The summed E-state index contributed by atoms with van der Waals surface area (Å²) in [6.45, 7) is 8.61. The summed E-state index contributed by atoms with van der Waals surface area (Å²) < 4.78 is 2.57. The van der Waals surface area contributed by atoms with Crippen molar-refractivity contribution in [2.24, 2.45) is 0 Å². The lowest BCUT2D eigenvalue weighted by Gasteiger charge is -2.21. The summed E-state index contributed by atoms with van der Waals surface area (Å²) in [7, 11) is 0. The fourth-order valence-electron chi connectivity index (χ4n) is 4.04. The normalized spacial score (nSPS) is 10.9. The van der Waals surface area contributed by atoms with Gasteiger partial charge in [0.15, 0.2) is 0 Å². The van der Waals surface area contributed by atoms with Crippen molar-refractivity contribution in [1.82, 2.24) is 4.57 Å². The molecule has 0 atom stereocenters. The van der Waals surface area contributed by atoms with Crippen LogP contribution in [0.3, 0.4) is 0 Å². The van der Waals surface area contributed by atoms with Crippen LogP contribution in [-0.2, 0) is 25.8 Å². The van der Waals surface area contributed by atoms with Gasteiger partial charge < -0.3 is 9.88 Å². The van der Waals surface area contributed by atoms with Crippen molar-refractivity contribution >= 4 is 27.5 Å². The highest BCUT2D eigenvalue weighted by Crippen LogP contribution is 2.24. The minimum atomic E-state index is -0.358. The fourth-order valence-corrected chi connectivity index (χ4v) is 4.73. The number of anilines is 1. The van der Waals surface area contributed by atoms with Gasteiger partial charge in [0, 0.05) is 23.6 Å². The predicted molar refractivity (Wildman–Crippen MR) is 131 cm³/mol. The smallest absolute Gasteiger partial charge is 0.261 e. The Balaban J connectivity index is 2.03. The topological polar surface area (TPSA) is 51.1 Å². The SMILES string of the molecule is CCc1cccc(C)c1NC(=O)c1c(C)n(CCc2ccccc2)c(CC)c(Br)c1=O. The molecule has 162 valence electrons. The molecule has 0 spiro atoms. The first-order chi connectivity index (χ1) is 14.9. The third-order valence-corrected chi connectivity index (χ3v) is 6.60. The summed E-state index contributed by atoms with van der Waals surface area (Å²) in [6.07, 6.45) is 2.32. The quantitative estimate of drug-likeness (QED) is 0.461. The van der Waals surface area contributed by atoms with Crippen LogP contribution in [0.5, 0.6) is 0 Å². The molecule has 0 bridgehead atoms. The van der Waals surface area contributed by atoms with E-state index in [2.05, 4.69) is 44.9 Å². The highest BCUT2D eigenvalue weighted by Gasteiger charge is 2.23.